The zero-order valence-electron chi connectivity index (χ0n) is 13.4. The molecule has 0 heterocycles. The predicted octanol–water partition coefficient (Wildman–Crippen LogP) is 2.90. The van der Waals surface area contributed by atoms with Crippen molar-refractivity contribution in [2.24, 2.45) is 5.73 Å². The van der Waals surface area contributed by atoms with E-state index in [4.69, 9.17) is 5.73 Å². The van der Waals surface area contributed by atoms with Crippen LogP contribution in [0.15, 0.2) is 24.3 Å². The van der Waals surface area contributed by atoms with Gasteiger partial charge in [0.25, 0.3) is 6.43 Å². The number of likely N-dealkylation sites (N-methyl/N-ethyl adjacent to an activating group) is 2. The number of benzene rings is 1. The fourth-order valence-electron chi connectivity index (χ4n) is 2.80. The Bertz CT molecular complexity index is 406. The fourth-order valence-corrected chi connectivity index (χ4v) is 2.80. The van der Waals surface area contributed by atoms with Gasteiger partial charge in [0.15, 0.2) is 0 Å². The van der Waals surface area contributed by atoms with Crippen LogP contribution in [0.5, 0.6) is 0 Å². The zero-order valence-corrected chi connectivity index (χ0v) is 13.4. The smallest absolute Gasteiger partial charge is 0.263 e. The van der Waals surface area contributed by atoms with E-state index in [-0.39, 0.29) is 11.6 Å². The number of halogens is 2. The first kappa shape index (κ1) is 18.0. The summed E-state index contributed by atoms with van der Waals surface area (Å²) < 4.78 is 25.3. The van der Waals surface area contributed by atoms with Crippen LogP contribution < -0.4 is 5.73 Å². The van der Waals surface area contributed by atoms with E-state index in [1.807, 2.05) is 14.1 Å². The van der Waals surface area contributed by atoms with Crippen molar-refractivity contribution in [2.75, 3.05) is 33.7 Å². The van der Waals surface area contributed by atoms with Gasteiger partial charge >= 0.3 is 0 Å². The van der Waals surface area contributed by atoms with Crippen molar-refractivity contribution in [2.45, 2.75) is 32.4 Å². The summed E-state index contributed by atoms with van der Waals surface area (Å²) in [7, 11) is 4.08. The van der Waals surface area contributed by atoms with Gasteiger partial charge in [-0.05, 0) is 33.1 Å². The molecule has 0 aromatic heterocycles. The van der Waals surface area contributed by atoms with Crippen molar-refractivity contribution in [3.8, 4) is 0 Å². The molecule has 0 aliphatic heterocycles. The number of nitrogens with two attached hydrogens (primary N) is 1. The third-order valence-corrected chi connectivity index (χ3v) is 3.76. The molecule has 1 aromatic rings. The van der Waals surface area contributed by atoms with Crippen molar-refractivity contribution >= 4 is 0 Å². The van der Waals surface area contributed by atoms with Crippen molar-refractivity contribution < 1.29 is 8.78 Å². The third-order valence-electron chi connectivity index (χ3n) is 3.76. The molecule has 1 rings (SSSR count). The quantitative estimate of drug-likeness (QED) is 0.801. The van der Waals surface area contributed by atoms with Crippen LogP contribution in [0.4, 0.5) is 8.78 Å². The molecule has 0 saturated heterocycles. The van der Waals surface area contributed by atoms with Gasteiger partial charge in [-0.3, -0.25) is 4.90 Å². The molecule has 1 aromatic carbocycles. The molecule has 21 heavy (non-hydrogen) atoms. The second kappa shape index (κ2) is 8.41. The summed E-state index contributed by atoms with van der Waals surface area (Å²) in [5, 5.41) is 0. The van der Waals surface area contributed by atoms with Gasteiger partial charge in [-0.1, -0.05) is 31.2 Å². The molecular formula is C16H27F2N3. The molecule has 0 spiro atoms. The lowest BCUT2D eigenvalue weighted by Crippen LogP contribution is -2.44. The Labute approximate surface area is 126 Å². The Morgan fingerprint density at radius 1 is 1.10 bits per heavy atom. The summed E-state index contributed by atoms with van der Waals surface area (Å²) in [5.41, 5.74) is 6.99. The first-order valence-corrected chi connectivity index (χ1v) is 7.39. The molecule has 0 saturated carbocycles. The summed E-state index contributed by atoms with van der Waals surface area (Å²) in [5.74, 6) is 0. The maximum Gasteiger partial charge on any atom is 0.263 e. The Balaban J connectivity index is 2.92. The maximum absolute atomic E-state index is 12.6. The van der Waals surface area contributed by atoms with Crippen LogP contribution in [0.3, 0.4) is 0 Å². The predicted molar refractivity (Wildman–Crippen MR) is 83.6 cm³/mol. The molecule has 3 nitrogen and oxygen atoms in total. The number of nitrogens with zero attached hydrogens (tertiary/aromatic N) is 2. The Morgan fingerprint density at radius 2 is 1.62 bits per heavy atom. The molecule has 0 bridgehead atoms. The molecule has 0 amide bonds. The molecular weight excluding hydrogens is 272 g/mol. The van der Waals surface area contributed by atoms with E-state index in [2.05, 4.69) is 23.6 Å². The molecule has 2 unspecified atom stereocenters. The highest BCUT2D eigenvalue weighted by Crippen LogP contribution is 2.25. The molecule has 120 valence electrons. The van der Waals surface area contributed by atoms with E-state index in [0.29, 0.717) is 12.6 Å². The maximum atomic E-state index is 12.6. The van der Waals surface area contributed by atoms with Gasteiger partial charge in [0.05, 0.1) is 0 Å². The molecule has 0 fully saturated rings. The lowest BCUT2D eigenvalue weighted by molar-refractivity contribution is 0.130. The second-order valence-corrected chi connectivity index (χ2v) is 5.66. The average molecular weight is 299 g/mol. The summed E-state index contributed by atoms with van der Waals surface area (Å²) >= 11 is 0. The van der Waals surface area contributed by atoms with Crippen LogP contribution >= 0.6 is 0 Å². The van der Waals surface area contributed by atoms with Crippen molar-refractivity contribution in [3.05, 3.63) is 35.4 Å². The molecule has 0 aliphatic rings. The molecule has 2 atom stereocenters. The van der Waals surface area contributed by atoms with Crippen LogP contribution in [-0.4, -0.2) is 49.6 Å². The number of rotatable bonds is 8. The van der Waals surface area contributed by atoms with Crippen molar-refractivity contribution in [1.29, 1.82) is 0 Å². The van der Waals surface area contributed by atoms with Gasteiger partial charge < -0.3 is 10.6 Å². The van der Waals surface area contributed by atoms with Crippen LogP contribution in [0.2, 0.25) is 0 Å². The van der Waals surface area contributed by atoms with Gasteiger partial charge in [-0.15, -0.1) is 0 Å². The summed E-state index contributed by atoms with van der Waals surface area (Å²) in [4.78, 5) is 4.46. The minimum Gasteiger partial charge on any atom is -0.329 e. The summed E-state index contributed by atoms with van der Waals surface area (Å²) in [6.07, 6.45) is -2.43. The van der Waals surface area contributed by atoms with Gasteiger partial charge in [-0.25, -0.2) is 8.78 Å². The molecule has 0 radical (unpaired) electrons. The number of hydrogen-bond acceptors (Lipinski definition) is 3. The fraction of sp³-hybridized carbons (Fsp3) is 0.625. The molecule has 5 heteroatoms. The Hall–Kier alpha value is -1.04. The van der Waals surface area contributed by atoms with Crippen molar-refractivity contribution in [3.63, 3.8) is 0 Å². The first-order valence-electron chi connectivity index (χ1n) is 7.39. The van der Waals surface area contributed by atoms with E-state index in [0.717, 1.165) is 18.7 Å². The highest BCUT2D eigenvalue weighted by molar-refractivity contribution is 5.26. The van der Waals surface area contributed by atoms with Crippen molar-refractivity contribution in [1.82, 2.24) is 9.80 Å². The highest BCUT2D eigenvalue weighted by atomic mass is 19.3. The van der Waals surface area contributed by atoms with Gasteiger partial charge in [-0.2, -0.15) is 0 Å². The first-order chi connectivity index (χ1) is 9.90. The number of alkyl halides is 2. The summed E-state index contributed by atoms with van der Waals surface area (Å²) in [6, 6.07) is 6.92. The second-order valence-electron chi connectivity index (χ2n) is 5.66. The van der Waals surface area contributed by atoms with Gasteiger partial charge in [0, 0.05) is 30.7 Å². The lowest BCUT2D eigenvalue weighted by Gasteiger charge is -2.36. The standard InChI is InChI=1S/C16H27F2N3/c1-5-21(12(2)11-20(3)4)15(10-19)13-6-8-14(9-7-13)16(17)18/h6-9,12,15-16H,5,10-11,19H2,1-4H3. The van der Waals surface area contributed by atoms with E-state index < -0.39 is 6.43 Å². The summed E-state index contributed by atoms with van der Waals surface area (Å²) in [6.45, 7) is 6.54. The number of hydrogen-bond donors (Lipinski definition) is 1. The van der Waals surface area contributed by atoms with Crippen LogP contribution in [0.25, 0.3) is 0 Å². The van der Waals surface area contributed by atoms with Crippen LogP contribution in [-0.2, 0) is 0 Å². The van der Waals surface area contributed by atoms with Crippen LogP contribution in [0, 0.1) is 0 Å². The Kier molecular flexibility index (Phi) is 7.22. The minimum atomic E-state index is -2.43. The largest absolute Gasteiger partial charge is 0.329 e. The SMILES string of the molecule is CCN(C(C)CN(C)C)C(CN)c1ccc(C(F)F)cc1. The third kappa shape index (κ3) is 5.02. The van der Waals surface area contributed by atoms with E-state index in [1.165, 1.54) is 12.1 Å². The topological polar surface area (TPSA) is 32.5 Å². The lowest BCUT2D eigenvalue weighted by atomic mass is 10.0. The van der Waals surface area contributed by atoms with Gasteiger partial charge in [0.2, 0.25) is 0 Å². The van der Waals surface area contributed by atoms with Gasteiger partial charge in [0.1, 0.15) is 0 Å². The van der Waals surface area contributed by atoms with E-state index in [9.17, 15) is 8.78 Å². The molecule has 2 N–H and O–H groups in total. The van der Waals surface area contributed by atoms with Crippen LogP contribution in [0.1, 0.15) is 37.4 Å². The average Bonchev–Trinajstić information content (AvgIpc) is 2.43. The zero-order chi connectivity index (χ0) is 16.0. The molecule has 0 aliphatic carbocycles. The normalized spacial score (nSPS) is 15.0. The monoisotopic (exact) mass is 299 g/mol. The van der Waals surface area contributed by atoms with E-state index in [1.54, 1.807) is 12.1 Å². The minimum absolute atomic E-state index is 0.0525. The Morgan fingerprint density at radius 3 is 2.00 bits per heavy atom. The highest BCUT2D eigenvalue weighted by Gasteiger charge is 2.23. The van der Waals surface area contributed by atoms with E-state index >= 15 is 0 Å².